The molecule has 1 aromatic rings. The number of nitrogens with zero attached hydrogens (tertiary/aromatic N) is 2. The summed E-state index contributed by atoms with van der Waals surface area (Å²) < 4.78 is 0.892. The second-order valence-electron chi connectivity index (χ2n) is 2.65. The molecule has 0 spiro atoms. The van der Waals surface area contributed by atoms with Gasteiger partial charge >= 0.3 is 0 Å². The molecule has 0 aliphatic rings. The van der Waals surface area contributed by atoms with Crippen LogP contribution in [0.2, 0.25) is 0 Å². The lowest BCUT2D eigenvalue weighted by atomic mass is 10.2. The van der Waals surface area contributed by atoms with E-state index in [1.807, 2.05) is 24.3 Å². The largest absolute Gasteiger partial charge is 0.272 e. The van der Waals surface area contributed by atoms with E-state index in [0.717, 1.165) is 10.0 Å². The molecule has 5 heteroatoms. The molecule has 0 aliphatic carbocycles. The Labute approximate surface area is 95.7 Å². The van der Waals surface area contributed by atoms with Crippen molar-refractivity contribution in [1.82, 2.24) is 5.43 Å². The number of carbonyl (C=O) groups is 1. The van der Waals surface area contributed by atoms with E-state index in [2.05, 4.69) is 26.5 Å². The number of amides is 1. The van der Waals surface area contributed by atoms with Gasteiger partial charge in [0.05, 0.1) is 12.3 Å². The molecular weight excluding hydrogens is 258 g/mol. The predicted octanol–water partition coefficient (Wildman–Crippen LogP) is 1.81. The third-order valence-corrected chi connectivity index (χ3v) is 2.26. The number of halogens is 1. The van der Waals surface area contributed by atoms with Gasteiger partial charge in [0.15, 0.2) is 0 Å². The van der Waals surface area contributed by atoms with Crippen LogP contribution in [0.25, 0.3) is 0 Å². The van der Waals surface area contributed by atoms with E-state index in [4.69, 9.17) is 5.26 Å². The van der Waals surface area contributed by atoms with Crippen LogP contribution in [0.5, 0.6) is 0 Å². The smallest absolute Gasteiger partial charge is 0.254 e. The Morgan fingerprint density at radius 2 is 2.33 bits per heavy atom. The first-order valence-corrected chi connectivity index (χ1v) is 4.96. The van der Waals surface area contributed by atoms with Crippen LogP contribution in [0.15, 0.2) is 33.8 Å². The van der Waals surface area contributed by atoms with E-state index >= 15 is 0 Å². The summed E-state index contributed by atoms with van der Waals surface area (Å²) in [5, 5.41) is 11.9. The van der Waals surface area contributed by atoms with Crippen molar-refractivity contribution in [3.8, 4) is 6.07 Å². The summed E-state index contributed by atoms with van der Waals surface area (Å²) in [6, 6.07) is 9.21. The molecule has 0 unspecified atom stereocenters. The van der Waals surface area contributed by atoms with Crippen molar-refractivity contribution in [1.29, 1.82) is 5.26 Å². The third-order valence-electron chi connectivity index (χ3n) is 1.54. The van der Waals surface area contributed by atoms with Crippen LogP contribution < -0.4 is 5.43 Å². The van der Waals surface area contributed by atoms with Crippen LogP contribution >= 0.6 is 15.9 Å². The first-order valence-electron chi connectivity index (χ1n) is 4.17. The minimum atomic E-state index is -0.416. The lowest BCUT2D eigenvalue weighted by Crippen LogP contribution is -2.16. The minimum absolute atomic E-state index is 0.187. The van der Waals surface area contributed by atoms with E-state index in [-0.39, 0.29) is 6.42 Å². The zero-order chi connectivity index (χ0) is 11.1. The van der Waals surface area contributed by atoms with Crippen LogP contribution in [0, 0.1) is 11.3 Å². The van der Waals surface area contributed by atoms with Gasteiger partial charge in [-0.25, -0.2) is 5.43 Å². The maximum atomic E-state index is 10.9. The minimum Gasteiger partial charge on any atom is -0.272 e. The van der Waals surface area contributed by atoms with Gasteiger partial charge in [0.25, 0.3) is 5.91 Å². The number of hydrogen-bond acceptors (Lipinski definition) is 3. The fourth-order valence-electron chi connectivity index (χ4n) is 0.865. The van der Waals surface area contributed by atoms with E-state index in [0.29, 0.717) is 0 Å². The lowest BCUT2D eigenvalue weighted by molar-refractivity contribution is -0.120. The second kappa shape index (κ2) is 5.94. The molecule has 0 fully saturated rings. The van der Waals surface area contributed by atoms with Crippen molar-refractivity contribution in [2.24, 2.45) is 5.10 Å². The summed E-state index contributed by atoms with van der Waals surface area (Å²) in [5.41, 5.74) is 3.10. The standard InChI is InChI=1S/C10H8BrN3O/c11-9-4-2-1-3-8(9)7-13-14-10(15)5-6-12/h1-4,7H,5H2,(H,14,15)/b13-7-. The SMILES string of the molecule is N#CCC(=O)N/N=C\c1ccccc1Br. The number of hydrogen-bond donors (Lipinski definition) is 1. The Morgan fingerprint density at radius 3 is 3.00 bits per heavy atom. The van der Waals surface area contributed by atoms with Crippen LogP contribution in [0.4, 0.5) is 0 Å². The Balaban J connectivity index is 2.56. The van der Waals surface area contributed by atoms with Crippen LogP contribution in [-0.2, 0) is 4.79 Å². The second-order valence-corrected chi connectivity index (χ2v) is 3.50. The first-order chi connectivity index (χ1) is 7.24. The first kappa shape index (κ1) is 11.4. The number of nitrogens with one attached hydrogen (secondary N) is 1. The molecule has 1 rings (SSSR count). The summed E-state index contributed by atoms with van der Waals surface area (Å²) in [4.78, 5) is 10.9. The van der Waals surface area contributed by atoms with Gasteiger partial charge in [-0.05, 0) is 6.07 Å². The van der Waals surface area contributed by atoms with E-state index in [1.165, 1.54) is 6.21 Å². The highest BCUT2D eigenvalue weighted by atomic mass is 79.9. The molecule has 0 saturated heterocycles. The number of nitriles is 1. The molecule has 0 bridgehead atoms. The summed E-state index contributed by atoms with van der Waals surface area (Å²) in [6.07, 6.45) is 1.33. The molecule has 1 amide bonds. The molecule has 15 heavy (non-hydrogen) atoms. The van der Waals surface area contributed by atoms with E-state index in [9.17, 15) is 4.79 Å². The van der Waals surface area contributed by atoms with Crippen molar-refractivity contribution in [3.05, 3.63) is 34.3 Å². The molecule has 0 atom stereocenters. The van der Waals surface area contributed by atoms with Gasteiger partial charge in [0.1, 0.15) is 6.42 Å². The highest BCUT2D eigenvalue weighted by molar-refractivity contribution is 9.10. The number of hydrazone groups is 1. The van der Waals surface area contributed by atoms with Crippen LogP contribution in [-0.4, -0.2) is 12.1 Å². The molecule has 0 aromatic heterocycles. The quantitative estimate of drug-likeness (QED) is 0.669. The van der Waals surface area contributed by atoms with E-state index in [1.54, 1.807) is 6.07 Å². The highest BCUT2D eigenvalue weighted by Crippen LogP contribution is 2.13. The fourth-order valence-corrected chi connectivity index (χ4v) is 1.25. The monoisotopic (exact) mass is 265 g/mol. The van der Waals surface area contributed by atoms with Gasteiger partial charge in [0, 0.05) is 10.0 Å². The van der Waals surface area contributed by atoms with Crippen molar-refractivity contribution in [3.63, 3.8) is 0 Å². The van der Waals surface area contributed by atoms with Crippen LogP contribution in [0.1, 0.15) is 12.0 Å². The van der Waals surface area contributed by atoms with Crippen molar-refractivity contribution >= 4 is 28.1 Å². The highest BCUT2D eigenvalue weighted by Gasteiger charge is 1.96. The third kappa shape index (κ3) is 3.92. The molecule has 1 N–H and O–H groups in total. The summed E-state index contributed by atoms with van der Waals surface area (Å²) >= 11 is 3.34. The predicted molar refractivity (Wildman–Crippen MR) is 60.1 cm³/mol. The van der Waals surface area contributed by atoms with Gasteiger partial charge in [-0.1, -0.05) is 34.1 Å². The normalized spacial score (nSPS) is 9.87. The Morgan fingerprint density at radius 1 is 1.60 bits per heavy atom. The summed E-state index contributed by atoms with van der Waals surface area (Å²) in [7, 11) is 0. The zero-order valence-corrected chi connectivity index (χ0v) is 9.36. The molecule has 1 aromatic carbocycles. The lowest BCUT2D eigenvalue weighted by Gasteiger charge is -1.96. The van der Waals surface area contributed by atoms with Gasteiger partial charge in [-0.2, -0.15) is 10.4 Å². The van der Waals surface area contributed by atoms with Gasteiger partial charge in [-0.15, -0.1) is 0 Å². The molecule has 0 heterocycles. The fraction of sp³-hybridized carbons (Fsp3) is 0.100. The molecule has 0 aliphatic heterocycles. The van der Waals surface area contributed by atoms with Gasteiger partial charge in [-0.3, -0.25) is 4.79 Å². The van der Waals surface area contributed by atoms with E-state index < -0.39 is 5.91 Å². The maximum Gasteiger partial charge on any atom is 0.254 e. The van der Waals surface area contributed by atoms with Gasteiger partial charge < -0.3 is 0 Å². The Bertz CT molecular complexity index is 423. The van der Waals surface area contributed by atoms with Crippen LogP contribution in [0.3, 0.4) is 0 Å². The average molecular weight is 266 g/mol. The summed E-state index contributed by atoms with van der Waals surface area (Å²) in [6.45, 7) is 0. The maximum absolute atomic E-state index is 10.9. The Hall–Kier alpha value is -1.67. The number of rotatable bonds is 3. The van der Waals surface area contributed by atoms with Crippen molar-refractivity contribution < 1.29 is 4.79 Å². The van der Waals surface area contributed by atoms with Crippen molar-refractivity contribution in [2.45, 2.75) is 6.42 Å². The topological polar surface area (TPSA) is 65.2 Å². The molecular formula is C10H8BrN3O. The molecule has 4 nitrogen and oxygen atoms in total. The number of benzene rings is 1. The van der Waals surface area contributed by atoms with Crippen molar-refractivity contribution in [2.75, 3.05) is 0 Å². The molecule has 0 saturated carbocycles. The zero-order valence-electron chi connectivity index (χ0n) is 7.77. The average Bonchev–Trinajstić information content (AvgIpc) is 2.21. The Kier molecular flexibility index (Phi) is 4.51. The molecule has 0 radical (unpaired) electrons. The van der Waals surface area contributed by atoms with Gasteiger partial charge in [0.2, 0.25) is 0 Å². The molecule has 76 valence electrons. The summed E-state index contributed by atoms with van der Waals surface area (Å²) in [5.74, 6) is -0.416. The number of carbonyl (C=O) groups excluding carboxylic acids is 1.